The number of aliphatic imine (C=N–C) groups is 1. The third-order valence-electron chi connectivity index (χ3n) is 2.79. The maximum Gasteiger partial charge on any atom is 1.00 e. The van der Waals surface area contributed by atoms with Crippen molar-refractivity contribution in [3.05, 3.63) is 23.5 Å². The SMILES string of the molecule is CC1C=C(N2CC2)C=C2N=[C-]NC21.[Ru+]. The molecule has 2 atom stereocenters. The standard InChI is InChI=1S/C10H12N3.Ru/c1-7-4-8(13-2-3-13)5-9-10(7)12-6-11-9;/h4-5,7,10H,2-3H2,1H3,(H,11,12);/q-1;+1. The van der Waals surface area contributed by atoms with Crippen LogP contribution >= 0.6 is 0 Å². The normalized spacial score (nSPS) is 32.5. The van der Waals surface area contributed by atoms with E-state index in [4.69, 9.17) is 0 Å². The van der Waals surface area contributed by atoms with Crippen molar-refractivity contribution in [2.45, 2.75) is 13.0 Å². The molecule has 0 saturated carbocycles. The van der Waals surface area contributed by atoms with Gasteiger partial charge in [-0.2, -0.15) is 0 Å². The van der Waals surface area contributed by atoms with Gasteiger partial charge in [0.15, 0.2) is 0 Å². The number of nitrogens with zero attached hydrogens (tertiary/aromatic N) is 2. The summed E-state index contributed by atoms with van der Waals surface area (Å²) in [7, 11) is 0. The van der Waals surface area contributed by atoms with Gasteiger partial charge in [0, 0.05) is 18.8 Å². The van der Waals surface area contributed by atoms with Crippen LogP contribution in [-0.2, 0) is 19.5 Å². The number of hydrogen-bond acceptors (Lipinski definition) is 3. The molecule has 3 aliphatic rings. The first-order chi connectivity index (χ1) is 6.34. The van der Waals surface area contributed by atoms with E-state index in [1.54, 1.807) is 0 Å². The van der Waals surface area contributed by atoms with Crippen LogP contribution in [0.2, 0.25) is 0 Å². The van der Waals surface area contributed by atoms with Crippen molar-refractivity contribution < 1.29 is 19.5 Å². The summed E-state index contributed by atoms with van der Waals surface area (Å²) >= 11 is 0. The van der Waals surface area contributed by atoms with E-state index in [0.29, 0.717) is 12.0 Å². The first-order valence-corrected chi connectivity index (χ1v) is 4.74. The first-order valence-electron chi connectivity index (χ1n) is 4.74. The zero-order valence-corrected chi connectivity index (χ0v) is 9.71. The van der Waals surface area contributed by atoms with Crippen LogP contribution in [0.4, 0.5) is 0 Å². The molecule has 1 fully saturated rings. The van der Waals surface area contributed by atoms with E-state index in [-0.39, 0.29) is 19.5 Å². The van der Waals surface area contributed by atoms with E-state index in [1.807, 2.05) is 0 Å². The number of nitrogens with one attached hydrogen (secondary N) is 1. The fraction of sp³-hybridized carbons (Fsp3) is 0.500. The summed E-state index contributed by atoms with van der Waals surface area (Å²) in [6.45, 7) is 4.62. The van der Waals surface area contributed by atoms with Gasteiger partial charge >= 0.3 is 19.5 Å². The molecule has 14 heavy (non-hydrogen) atoms. The minimum Gasteiger partial charge on any atom is -0.465 e. The Morgan fingerprint density at radius 2 is 2.36 bits per heavy atom. The van der Waals surface area contributed by atoms with Crippen molar-refractivity contribution in [1.29, 1.82) is 0 Å². The third-order valence-corrected chi connectivity index (χ3v) is 2.79. The number of fused-ring (bicyclic) bond motifs is 1. The molecule has 2 aliphatic heterocycles. The van der Waals surface area contributed by atoms with Gasteiger partial charge in [-0.05, 0) is 12.0 Å². The van der Waals surface area contributed by atoms with Crippen LogP contribution in [-0.4, -0.2) is 30.4 Å². The van der Waals surface area contributed by atoms with Gasteiger partial charge in [0.1, 0.15) is 0 Å². The molecule has 1 aliphatic carbocycles. The van der Waals surface area contributed by atoms with E-state index in [1.165, 1.54) is 18.8 Å². The maximum atomic E-state index is 4.20. The Bertz CT molecular complexity index is 328. The average Bonchev–Trinajstić information content (AvgIpc) is 2.85. The Morgan fingerprint density at radius 1 is 1.57 bits per heavy atom. The fourth-order valence-corrected chi connectivity index (χ4v) is 1.90. The van der Waals surface area contributed by atoms with Crippen LogP contribution in [0.1, 0.15) is 6.92 Å². The Balaban J connectivity index is 0.000000750. The van der Waals surface area contributed by atoms with Gasteiger partial charge in [-0.15, -0.1) is 0 Å². The molecule has 4 heteroatoms. The average molecular weight is 275 g/mol. The Morgan fingerprint density at radius 3 is 3.07 bits per heavy atom. The van der Waals surface area contributed by atoms with Crippen LogP contribution in [0.25, 0.3) is 0 Å². The summed E-state index contributed by atoms with van der Waals surface area (Å²) in [5.41, 5.74) is 2.48. The molecule has 0 amide bonds. The minimum atomic E-state index is 0. The third kappa shape index (κ3) is 1.52. The number of hydrogen-bond donors (Lipinski definition) is 1. The fourth-order valence-electron chi connectivity index (χ4n) is 1.90. The summed E-state index contributed by atoms with van der Waals surface area (Å²) in [5, 5.41) is 3.14. The molecule has 1 radical (unpaired) electrons. The monoisotopic (exact) mass is 276 g/mol. The van der Waals surface area contributed by atoms with Crippen molar-refractivity contribution in [2.24, 2.45) is 10.9 Å². The van der Waals surface area contributed by atoms with Gasteiger partial charge in [0.2, 0.25) is 0 Å². The van der Waals surface area contributed by atoms with Crippen molar-refractivity contribution in [3.8, 4) is 0 Å². The molecule has 1 N–H and O–H groups in total. The van der Waals surface area contributed by atoms with Crippen LogP contribution < -0.4 is 5.32 Å². The van der Waals surface area contributed by atoms with Crippen LogP contribution in [0.5, 0.6) is 0 Å². The van der Waals surface area contributed by atoms with Crippen molar-refractivity contribution in [1.82, 2.24) is 10.2 Å². The molecular weight excluding hydrogens is 263 g/mol. The summed E-state index contributed by atoms with van der Waals surface area (Å²) in [6.07, 6.45) is 7.32. The van der Waals surface area contributed by atoms with Gasteiger partial charge in [-0.25, -0.2) is 0 Å². The van der Waals surface area contributed by atoms with Gasteiger partial charge < -0.3 is 15.2 Å². The van der Waals surface area contributed by atoms with Gasteiger partial charge in [0.05, 0.1) is 0 Å². The first kappa shape index (κ1) is 9.91. The smallest absolute Gasteiger partial charge is 0.465 e. The minimum absolute atomic E-state index is 0. The molecule has 1 saturated heterocycles. The predicted molar refractivity (Wildman–Crippen MR) is 51.3 cm³/mol. The Kier molecular flexibility index (Phi) is 2.48. The van der Waals surface area contributed by atoms with E-state index in [0.717, 1.165) is 5.70 Å². The molecule has 0 spiro atoms. The van der Waals surface area contributed by atoms with E-state index < -0.39 is 0 Å². The van der Waals surface area contributed by atoms with Crippen molar-refractivity contribution in [3.63, 3.8) is 0 Å². The van der Waals surface area contributed by atoms with Crippen LogP contribution in [0.15, 0.2) is 28.5 Å². The molecule has 75 valence electrons. The second-order valence-electron chi connectivity index (χ2n) is 3.85. The van der Waals surface area contributed by atoms with Gasteiger partial charge in [-0.1, -0.05) is 31.1 Å². The summed E-state index contributed by atoms with van der Waals surface area (Å²) in [6, 6.07) is 0.365. The summed E-state index contributed by atoms with van der Waals surface area (Å²) in [4.78, 5) is 6.56. The zero-order valence-electron chi connectivity index (χ0n) is 7.97. The quantitative estimate of drug-likeness (QED) is 0.431. The molecule has 3 nitrogen and oxygen atoms in total. The van der Waals surface area contributed by atoms with Crippen molar-refractivity contribution in [2.75, 3.05) is 13.1 Å². The van der Waals surface area contributed by atoms with E-state index in [2.05, 4.69) is 40.6 Å². The maximum absolute atomic E-state index is 4.20. The Hall–Kier alpha value is -0.627. The molecule has 2 heterocycles. The zero-order chi connectivity index (χ0) is 8.84. The molecule has 0 aromatic rings. The Labute approximate surface area is 96.7 Å². The predicted octanol–water partition coefficient (Wildman–Crippen LogP) is 0.594. The molecule has 3 rings (SSSR count). The van der Waals surface area contributed by atoms with Gasteiger partial charge in [-0.3, -0.25) is 0 Å². The van der Waals surface area contributed by atoms with Gasteiger partial charge in [0.25, 0.3) is 0 Å². The summed E-state index contributed by atoms with van der Waals surface area (Å²) < 4.78 is 0. The van der Waals surface area contributed by atoms with E-state index >= 15 is 0 Å². The molecule has 0 bridgehead atoms. The molecule has 2 unspecified atom stereocenters. The second-order valence-corrected chi connectivity index (χ2v) is 3.85. The molecule has 0 aromatic heterocycles. The van der Waals surface area contributed by atoms with Crippen LogP contribution in [0.3, 0.4) is 0 Å². The summed E-state index contributed by atoms with van der Waals surface area (Å²) in [5.74, 6) is 0.523. The molecule has 0 aromatic carbocycles. The van der Waals surface area contributed by atoms with E-state index in [9.17, 15) is 0 Å². The topological polar surface area (TPSA) is 27.4 Å². The number of allylic oxidation sites excluding steroid dienone is 1. The molecular formula is C10H12N3Ru. The van der Waals surface area contributed by atoms with Crippen LogP contribution in [0, 0.1) is 5.92 Å². The number of rotatable bonds is 1. The largest absolute Gasteiger partial charge is 1.00 e. The van der Waals surface area contributed by atoms with Crippen molar-refractivity contribution >= 4 is 6.34 Å². The second kappa shape index (κ2) is 3.50.